The lowest BCUT2D eigenvalue weighted by Gasteiger charge is -2.38. The maximum atomic E-state index is 4.38. The summed E-state index contributed by atoms with van der Waals surface area (Å²) in [6.45, 7) is 9.51. The first-order valence-electron chi connectivity index (χ1n) is 6.50. The molecule has 2 nitrogen and oxygen atoms in total. The lowest BCUT2D eigenvalue weighted by molar-refractivity contribution is 0.152. The number of aromatic amines is 1. The molecule has 0 bridgehead atoms. The Morgan fingerprint density at radius 2 is 2.25 bits per heavy atom. The van der Waals surface area contributed by atoms with Gasteiger partial charge in [0, 0.05) is 5.69 Å². The molecule has 0 radical (unpaired) electrons. The Hall–Kier alpha value is -0.790. The minimum Gasteiger partial charge on any atom is -0.348 e. The maximum Gasteiger partial charge on any atom is 0.0925 e. The molecule has 1 heterocycles. The van der Waals surface area contributed by atoms with Crippen LogP contribution in [-0.2, 0) is 12.8 Å². The molecular weight excluding hydrogens is 196 g/mol. The van der Waals surface area contributed by atoms with Gasteiger partial charge in [0.15, 0.2) is 0 Å². The first kappa shape index (κ1) is 11.7. The molecule has 0 saturated carbocycles. The van der Waals surface area contributed by atoms with Gasteiger partial charge in [0.2, 0.25) is 0 Å². The van der Waals surface area contributed by atoms with Crippen LogP contribution in [0, 0.1) is 17.3 Å². The third-order valence-electron chi connectivity index (χ3n) is 4.03. The quantitative estimate of drug-likeness (QED) is 0.828. The number of aryl methyl sites for hydroxylation is 1. The molecule has 0 amide bonds. The minimum atomic E-state index is 0.455. The number of hydrogen-bond donors (Lipinski definition) is 1. The number of imidazole rings is 1. The van der Waals surface area contributed by atoms with E-state index in [1.165, 1.54) is 30.7 Å². The van der Waals surface area contributed by atoms with Gasteiger partial charge in [0.05, 0.1) is 12.0 Å². The third-order valence-corrected chi connectivity index (χ3v) is 4.03. The number of H-pyrrole nitrogens is 1. The largest absolute Gasteiger partial charge is 0.348 e. The van der Waals surface area contributed by atoms with E-state index in [0.29, 0.717) is 5.41 Å². The molecule has 0 aliphatic heterocycles. The molecular formula is C14H24N2. The van der Waals surface area contributed by atoms with Gasteiger partial charge in [-0.2, -0.15) is 0 Å². The van der Waals surface area contributed by atoms with Gasteiger partial charge in [-0.05, 0) is 42.9 Å². The summed E-state index contributed by atoms with van der Waals surface area (Å²) in [5, 5.41) is 0. The summed E-state index contributed by atoms with van der Waals surface area (Å²) in [6, 6.07) is 0. The van der Waals surface area contributed by atoms with Crippen LogP contribution in [-0.4, -0.2) is 9.97 Å². The van der Waals surface area contributed by atoms with Gasteiger partial charge in [-0.25, -0.2) is 4.98 Å². The number of hydrogen-bond acceptors (Lipinski definition) is 1. The molecule has 1 unspecified atom stereocenters. The van der Waals surface area contributed by atoms with E-state index in [2.05, 4.69) is 37.7 Å². The van der Waals surface area contributed by atoms with Crippen LogP contribution in [0.3, 0.4) is 0 Å². The van der Waals surface area contributed by atoms with Gasteiger partial charge < -0.3 is 4.98 Å². The fourth-order valence-corrected chi connectivity index (χ4v) is 3.29. The Bertz CT molecular complexity index is 349. The summed E-state index contributed by atoms with van der Waals surface area (Å²) in [5.74, 6) is 1.60. The predicted molar refractivity (Wildman–Crippen MR) is 67.3 cm³/mol. The molecule has 0 aromatic carbocycles. The second kappa shape index (κ2) is 4.23. The molecule has 1 aromatic rings. The maximum absolute atomic E-state index is 4.38. The highest BCUT2D eigenvalue weighted by atomic mass is 14.9. The molecule has 0 saturated heterocycles. The summed E-state index contributed by atoms with van der Waals surface area (Å²) in [7, 11) is 0. The zero-order valence-electron chi connectivity index (χ0n) is 11.0. The normalized spacial score (nSPS) is 21.2. The lowest BCUT2D eigenvalue weighted by Crippen LogP contribution is -2.30. The standard InChI is InChI=1S/C14H24N2/c1-10(2)8-14(3,4)11-5-6-12-13(7-11)16-9-15-12/h9-11H,5-8H2,1-4H3,(H,15,16). The average Bonchev–Trinajstić information content (AvgIpc) is 2.61. The third kappa shape index (κ3) is 2.31. The second-order valence-corrected chi connectivity index (χ2v) is 6.35. The smallest absolute Gasteiger partial charge is 0.0925 e. The topological polar surface area (TPSA) is 28.7 Å². The highest BCUT2D eigenvalue weighted by molar-refractivity contribution is 5.16. The Labute approximate surface area is 98.9 Å². The van der Waals surface area contributed by atoms with E-state index in [-0.39, 0.29) is 0 Å². The molecule has 2 rings (SSSR count). The van der Waals surface area contributed by atoms with Crippen molar-refractivity contribution in [1.82, 2.24) is 9.97 Å². The van der Waals surface area contributed by atoms with Crippen molar-refractivity contribution < 1.29 is 0 Å². The summed E-state index contributed by atoms with van der Waals surface area (Å²) in [4.78, 5) is 7.68. The first-order chi connectivity index (χ1) is 7.49. The molecule has 1 atom stereocenters. The highest BCUT2D eigenvalue weighted by Crippen LogP contribution is 2.40. The van der Waals surface area contributed by atoms with Crippen LogP contribution in [0.15, 0.2) is 6.33 Å². The fourth-order valence-electron chi connectivity index (χ4n) is 3.29. The van der Waals surface area contributed by atoms with Gasteiger partial charge in [0.1, 0.15) is 0 Å². The van der Waals surface area contributed by atoms with Crippen LogP contribution in [0.5, 0.6) is 0 Å². The van der Waals surface area contributed by atoms with Gasteiger partial charge in [-0.3, -0.25) is 0 Å². The van der Waals surface area contributed by atoms with Crippen LogP contribution >= 0.6 is 0 Å². The van der Waals surface area contributed by atoms with E-state index in [1.807, 2.05) is 6.33 Å². The molecule has 1 aromatic heterocycles. The molecule has 0 fully saturated rings. The van der Waals surface area contributed by atoms with Crippen molar-refractivity contribution in [3.8, 4) is 0 Å². The van der Waals surface area contributed by atoms with E-state index in [9.17, 15) is 0 Å². The predicted octanol–water partition coefficient (Wildman–Crippen LogP) is 3.59. The SMILES string of the molecule is CC(C)CC(C)(C)C1CCc2nc[nH]c2C1. The molecule has 1 aliphatic rings. The van der Waals surface area contributed by atoms with Crippen LogP contribution in [0.25, 0.3) is 0 Å². The summed E-state index contributed by atoms with van der Waals surface area (Å²) in [5.41, 5.74) is 3.14. The highest BCUT2D eigenvalue weighted by Gasteiger charge is 2.33. The number of rotatable bonds is 3. The van der Waals surface area contributed by atoms with Crippen molar-refractivity contribution >= 4 is 0 Å². The average molecular weight is 220 g/mol. The summed E-state index contributed by atoms with van der Waals surface area (Å²) < 4.78 is 0. The Balaban J connectivity index is 2.08. The van der Waals surface area contributed by atoms with Gasteiger partial charge in [0.25, 0.3) is 0 Å². The molecule has 2 heteroatoms. The zero-order valence-corrected chi connectivity index (χ0v) is 11.0. The van der Waals surface area contributed by atoms with Crippen LogP contribution in [0.2, 0.25) is 0 Å². The minimum absolute atomic E-state index is 0.455. The van der Waals surface area contributed by atoms with Gasteiger partial charge in [-0.1, -0.05) is 27.7 Å². The molecule has 1 aliphatic carbocycles. The lowest BCUT2D eigenvalue weighted by atomic mass is 9.68. The Morgan fingerprint density at radius 1 is 1.50 bits per heavy atom. The van der Waals surface area contributed by atoms with E-state index < -0.39 is 0 Å². The van der Waals surface area contributed by atoms with Gasteiger partial charge in [-0.15, -0.1) is 0 Å². The van der Waals surface area contributed by atoms with Crippen molar-refractivity contribution in [2.45, 2.75) is 53.4 Å². The molecule has 1 N–H and O–H groups in total. The Morgan fingerprint density at radius 3 is 2.94 bits per heavy atom. The van der Waals surface area contributed by atoms with Crippen molar-refractivity contribution in [3.05, 3.63) is 17.7 Å². The number of nitrogens with one attached hydrogen (secondary N) is 1. The van der Waals surface area contributed by atoms with Crippen LogP contribution in [0.4, 0.5) is 0 Å². The zero-order chi connectivity index (χ0) is 11.8. The second-order valence-electron chi connectivity index (χ2n) is 6.35. The van der Waals surface area contributed by atoms with E-state index >= 15 is 0 Å². The number of nitrogens with zero attached hydrogens (tertiary/aromatic N) is 1. The van der Waals surface area contributed by atoms with Crippen LogP contribution in [0.1, 0.15) is 51.9 Å². The number of aromatic nitrogens is 2. The molecule has 0 spiro atoms. The van der Waals surface area contributed by atoms with Crippen molar-refractivity contribution in [2.75, 3.05) is 0 Å². The van der Waals surface area contributed by atoms with Crippen molar-refractivity contribution in [1.29, 1.82) is 0 Å². The van der Waals surface area contributed by atoms with Crippen LogP contribution < -0.4 is 0 Å². The number of fused-ring (bicyclic) bond motifs is 1. The molecule has 90 valence electrons. The molecule has 16 heavy (non-hydrogen) atoms. The van der Waals surface area contributed by atoms with Gasteiger partial charge >= 0.3 is 0 Å². The van der Waals surface area contributed by atoms with Crippen molar-refractivity contribution in [3.63, 3.8) is 0 Å². The monoisotopic (exact) mass is 220 g/mol. The summed E-state index contributed by atoms with van der Waals surface area (Å²) >= 11 is 0. The Kier molecular flexibility index (Phi) is 3.09. The van der Waals surface area contributed by atoms with E-state index in [4.69, 9.17) is 0 Å². The summed E-state index contributed by atoms with van der Waals surface area (Å²) in [6.07, 6.45) is 6.82. The van der Waals surface area contributed by atoms with Crippen molar-refractivity contribution in [2.24, 2.45) is 17.3 Å². The fraction of sp³-hybridized carbons (Fsp3) is 0.786. The van der Waals surface area contributed by atoms with E-state index in [0.717, 1.165) is 18.3 Å². The first-order valence-corrected chi connectivity index (χ1v) is 6.50. The van der Waals surface area contributed by atoms with E-state index in [1.54, 1.807) is 0 Å².